The minimum absolute atomic E-state index is 0.683. The quantitative estimate of drug-likeness (QED) is 0.844. The fourth-order valence-corrected chi connectivity index (χ4v) is 2.10. The van der Waals surface area contributed by atoms with Gasteiger partial charge in [0.05, 0.1) is 16.9 Å². The fraction of sp³-hybridized carbons (Fsp3) is 0.100. The average Bonchev–Trinajstić information content (AvgIpc) is 2.58. The van der Waals surface area contributed by atoms with E-state index in [1.807, 2.05) is 25.1 Å². The van der Waals surface area contributed by atoms with Gasteiger partial charge < -0.3 is 11.1 Å². The van der Waals surface area contributed by atoms with Gasteiger partial charge in [-0.15, -0.1) is 0 Å². The van der Waals surface area contributed by atoms with E-state index in [1.54, 1.807) is 6.20 Å². The molecule has 0 fully saturated rings. The maximum atomic E-state index is 6.07. The van der Waals surface area contributed by atoms with Crippen molar-refractivity contribution in [2.45, 2.75) is 6.92 Å². The van der Waals surface area contributed by atoms with Crippen LogP contribution in [-0.4, -0.2) is 4.98 Å². The number of hydrogen-bond donors (Lipinski definition) is 2. The zero-order chi connectivity index (χ0) is 10.8. The summed E-state index contributed by atoms with van der Waals surface area (Å²) >= 11 is 7.47. The number of rotatable bonds is 2. The second-order valence-electron chi connectivity index (χ2n) is 3.12. The number of benzene rings is 1. The molecule has 1 aromatic heterocycles. The van der Waals surface area contributed by atoms with Gasteiger partial charge in [-0.3, -0.25) is 0 Å². The van der Waals surface area contributed by atoms with Crippen LogP contribution in [0, 0.1) is 6.92 Å². The van der Waals surface area contributed by atoms with Crippen molar-refractivity contribution in [1.29, 1.82) is 0 Å². The molecule has 0 aliphatic heterocycles. The van der Waals surface area contributed by atoms with Crippen molar-refractivity contribution in [2.75, 3.05) is 11.1 Å². The molecule has 3 nitrogen and oxygen atoms in total. The average molecular weight is 240 g/mol. The number of para-hydroxylation sites is 1. The summed E-state index contributed by atoms with van der Waals surface area (Å²) in [5, 5.41) is 5.28. The van der Waals surface area contributed by atoms with Gasteiger partial charge in [-0.1, -0.05) is 35.1 Å². The summed E-state index contributed by atoms with van der Waals surface area (Å²) in [5.41, 5.74) is 7.55. The summed E-state index contributed by atoms with van der Waals surface area (Å²) in [6, 6.07) is 5.75. The maximum Gasteiger partial charge on any atom is 0.189 e. The van der Waals surface area contributed by atoms with Crippen molar-refractivity contribution in [3.05, 3.63) is 35.0 Å². The van der Waals surface area contributed by atoms with Crippen LogP contribution in [0.5, 0.6) is 0 Å². The SMILES string of the molecule is Cc1cccc(Cl)c1Nc1ncc(N)s1. The lowest BCUT2D eigenvalue weighted by Crippen LogP contribution is -1.92. The number of aryl methyl sites for hydroxylation is 1. The first kappa shape index (κ1) is 10.3. The summed E-state index contributed by atoms with van der Waals surface area (Å²) in [6.45, 7) is 1.99. The van der Waals surface area contributed by atoms with Crippen LogP contribution in [0.2, 0.25) is 5.02 Å². The van der Waals surface area contributed by atoms with Crippen LogP contribution in [0.15, 0.2) is 24.4 Å². The van der Waals surface area contributed by atoms with Crippen molar-refractivity contribution in [3.63, 3.8) is 0 Å². The van der Waals surface area contributed by atoms with Gasteiger partial charge in [0, 0.05) is 0 Å². The van der Waals surface area contributed by atoms with E-state index in [2.05, 4.69) is 10.3 Å². The highest BCUT2D eigenvalue weighted by atomic mass is 35.5. The van der Waals surface area contributed by atoms with Crippen LogP contribution in [0.3, 0.4) is 0 Å². The molecule has 0 saturated heterocycles. The molecule has 0 amide bonds. The van der Waals surface area contributed by atoms with E-state index in [4.69, 9.17) is 17.3 Å². The van der Waals surface area contributed by atoms with Crippen molar-refractivity contribution in [1.82, 2.24) is 4.98 Å². The molecular weight excluding hydrogens is 230 g/mol. The molecule has 1 heterocycles. The summed E-state index contributed by atoms with van der Waals surface area (Å²) in [7, 11) is 0. The predicted molar refractivity (Wildman–Crippen MR) is 66.0 cm³/mol. The van der Waals surface area contributed by atoms with Crippen molar-refractivity contribution in [2.24, 2.45) is 0 Å². The number of hydrogen-bond acceptors (Lipinski definition) is 4. The molecule has 2 aromatic rings. The number of nitrogens with one attached hydrogen (secondary N) is 1. The number of anilines is 3. The third kappa shape index (κ3) is 2.22. The zero-order valence-electron chi connectivity index (χ0n) is 8.12. The third-order valence-corrected chi connectivity index (χ3v) is 3.03. The Morgan fingerprint density at radius 1 is 1.47 bits per heavy atom. The Morgan fingerprint density at radius 2 is 2.27 bits per heavy atom. The molecule has 2 rings (SSSR count). The minimum atomic E-state index is 0.683. The Hall–Kier alpha value is -1.26. The second kappa shape index (κ2) is 4.08. The normalized spacial score (nSPS) is 10.3. The number of halogens is 1. The summed E-state index contributed by atoms with van der Waals surface area (Å²) in [6.07, 6.45) is 1.62. The Labute approximate surface area is 96.9 Å². The van der Waals surface area contributed by atoms with Crippen LogP contribution in [-0.2, 0) is 0 Å². The standard InChI is InChI=1S/C10H10ClN3S/c1-6-3-2-4-7(11)9(6)14-10-13-5-8(12)15-10/h2-5H,12H2,1H3,(H,13,14). The molecule has 3 N–H and O–H groups in total. The van der Waals surface area contributed by atoms with Gasteiger partial charge in [0.15, 0.2) is 5.13 Å². The maximum absolute atomic E-state index is 6.07. The summed E-state index contributed by atoms with van der Waals surface area (Å²) < 4.78 is 0. The molecule has 0 atom stereocenters. The molecule has 0 saturated carbocycles. The minimum Gasteiger partial charge on any atom is -0.389 e. The topological polar surface area (TPSA) is 50.9 Å². The molecule has 15 heavy (non-hydrogen) atoms. The molecule has 0 unspecified atom stereocenters. The molecule has 0 aliphatic rings. The van der Waals surface area contributed by atoms with Crippen LogP contribution < -0.4 is 11.1 Å². The number of thiazole rings is 1. The smallest absolute Gasteiger partial charge is 0.189 e. The van der Waals surface area contributed by atoms with E-state index >= 15 is 0 Å². The van der Waals surface area contributed by atoms with Crippen molar-refractivity contribution < 1.29 is 0 Å². The molecule has 0 bridgehead atoms. The summed E-state index contributed by atoms with van der Waals surface area (Å²) in [5.74, 6) is 0. The van der Waals surface area contributed by atoms with Gasteiger partial charge in [-0.25, -0.2) is 4.98 Å². The highest BCUT2D eigenvalue weighted by molar-refractivity contribution is 7.19. The number of nitrogens with two attached hydrogens (primary N) is 1. The van der Waals surface area contributed by atoms with Crippen LogP contribution in [0.1, 0.15) is 5.56 Å². The molecule has 78 valence electrons. The van der Waals surface area contributed by atoms with E-state index in [0.29, 0.717) is 10.0 Å². The molecule has 0 aliphatic carbocycles. The van der Waals surface area contributed by atoms with Gasteiger partial charge in [-0.05, 0) is 18.6 Å². The van der Waals surface area contributed by atoms with Gasteiger partial charge >= 0.3 is 0 Å². The number of nitrogen functional groups attached to an aromatic ring is 1. The Balaban J connectivity index is 2.31. The first-order valence-corrected chi connectivity index (χ1v) is 5.59. The Kier molecular flexibility index (Phi) is 2.79. The third-order valence-electron chi connectivity index (χ3n) is 1.98. The lowest BCUT2D eigenvalue weighted by molar-refractivity contribution is 1.37. The first-order valence-electron chi connectivity index (χ1n) is 4.40. The Bertz CT molecular complexity index is 461. The lowest BCUT2D eigenvalue weighted by atomic mass is 10.2. The monoisotopic (exact) mass is 239 g/mol. The Morgan fingerprint density at radius 3 is 2.87 bits per heavy atom. The number of nitrogens with zero attached hydrogens (tertiary/aromatic N) is 1. The first-order chi connectivity index (χ1) is 7.16. The van der Waals surface area contributed by atoms with Gasteiger partial charge in [-0.2, -0.15) is 0 Å². The molecule has 0 spiro atoms. The van der Waals surface area contributed by atoms with Crippen LogP contribution in [0.25, 0.3) is 0 Å². The van der Waals surface area contributed by atoms with E-state index in [-0.39, 0.29) is 0 Å². The molecule has 5 heteroatoms. The van der Waals surface area contributed by atoms with E-state index < -0.39 is 0 Å². The van der Waals surface area contributed by atoms with E-state index in [1.165, 1.54) is 11.3 Å². The van der Waals surface area contributed by atoms with Crippen molar-refractivity contribution in [3.8, 4) is 0 Å². The highest BCUT2D eigenvalue weighted by Crippen LogP contribution is 2.30. The number of aromatic nitrogens is 1. The van der Waals surface area contributed by atoms with Gasteiger partial charge in [0.2, 0.25) is 0 Å². The molecule has 1 aromatic carbocycles. The highest BCUT2D eigenvalue weighted by Gasteiger charge is 2.05. The van der Waals surface area contributed by atoms with E-state index in [0.717, 1.165) is 16.4 Å². The lowest BCUT2D eigenvalue weighted by Gasteiger charge is -2.08. The summed E-state index contributed by atoms with van der Waals surface area (Å²) in [4.78, 5) is 4.12. The van der Waals surface area contributed by atoms with E-state index in [9.17, 15) is 0 Å². The van der Waals surface area contributed by atoms with Crippen molar-refractivity contribution >= 4 is 38.8 Å². The largest absolute Gasteiger partial charge is 0.389 e. The van der Waals surface area contributed by atoms with Gasteiger partial charge in [0.1, 0.15) is 5.00 Å². The van der Waals surface area contributed by atoms with Gasteiger partial charge in [0.25, 0.3) is 0 Å². The molecule has 0 radical (unpaired) electrons. The predicted octanol–water partition coefficient (Wildman–Crippen LogP) is 3.43. The van der Waals surface area contributed by atoms with Crippen LogP contribution >= 0.6 is 22.9 Å². The van der Waals surface area contributed by atoms with Crippen LogP contribution in [0.4, 0.5) is 15.8 Å². The zero-order valence-corrected chi connectivity index (χ0v) is 9.69. The fourth-order valence-electron chi connectivity index (χ4n) is 1.24. The second-order valence-corrected chi connectivity index (χ2v) is 4.59. The molecular formula is C10H10ClN3S.